The molecule has 2 aliphatic heterocycles. The molecule has 3 amide bonds. The minimum Gasteiger partial charge on any atom is -0.378 e. The predicted molar refractivity (Wildman–Crippen MR) is 112 cm³/mol. The molecule has 0 bridgehead atoms. The van der Waals surface area contributed by atoms with Crippen LogP contribution in [0.1, 0.15) is 42.5 Å². The van der Waals surface area contributed by atoms with Gasteiger partial charge in [0.05, 0.1) is 25.7 Å². The van der Waals surface area contributed by atoms with Crippen molar-refractivity contribution in [2.75, 3.05) is 44.7 Å². The standard InChI is InChI=1S/C22H30N4O4/c27-20(15-19-21(28)23-8-9-26(19)18-6-1-2-7-18)24-17-5-3-4-16(14-17)22(29)25-10-12-30-13-11-25/h3-5,14,18-19H,1-2,6-13,15H2,(H,23,28)(H,24,27)/t19-/m1/s1. The van der Waals surface area contributed by atoms with E-state index in [2.05, 4.69) is 15.5 Å². The Balaban J connectivity index is 1.39. The second-order valence-electron chi connectivity index (χ2n) is 8.22. The molecule has 2 saturated heterocycles. The fourth-order valence-electron chi connectivity index (χ4n) is 4.68. The van der Waals surface area contributed by atoms with Crippen LogP contribution in [0.4, 0.5) is 5.69 Å². The van der Waals surface area contributed by atoms with Gasteiger partial charge in [0.25, 0.3) is 5.91 Å². The van der Waals surface area contributed by atoms with E-state index in [-0.39, 0.29) is 24.1 Å². The lowest BCUT2D eigenvalue weighted by Crippen LogP contribution is -2.58. The molecule has 0 aromatic heterocycles. The maximum absolute atomic E-state index is 12.7. The lowest BCUT2D eigenvalue weighted by atomic mass is 10.0. The van der Waals surface area contributed by atoms with Crippen LogP contribution < -0.4 is 10.6 Å². The van der Waals surface area contributed by atoms with Crippen LogP contribution >= 0.6 is 0 Å². The Hall–Kier alpha value is -2.45. The highest BCUT2D eigenvalue weighted by Gasteiger charge is 2.36. The number of piperazine rings is 1. The third kappa shape index (κ3) is 4.82. The summed E-state index contributed by atoms with van der Waals surface area (Å²) in [5, 5.41) is 5.77. The van der Waals surface area contributed by atoms with Gasteiger partial charge in [0, 0.05) is 43.5 Å². The highest BCUT2D eigenvalue weighted by Crippen LogP contribution is 2.27. The van der Waals surface area contributed by atoms with Crippen LogP contribution in [-0.4, -0.2) is 79.0 Å². The van der Waals surface area contributed by atoms with Gasteiger partial charge in [0.15, 0.2) is 0 Å². The van der Waals surface area contributed by atoms with Gasteiger partial charge < -0.3 is 20.3 Å². The van der Waals surface area contributed by atoms with Gasteiger partial charge in [-0.05, 0) is 31.0 Å². The molecule has 3 aliphatic rings. The first-order chi connectivity index (χ1) is 14.6. The Morgan fingerprint density at radius 2 is 1.90 bits per heavy atom. The van der Waals surface area contributed by atoms with Gasteiger partial charge in [0.1, 0.15) is 0 Å². The van der Waals surface area contributed by atoms with Crippen molar-refractivity contribution in [3.05, 3.63) is 29.8 Å². The van der Waals surface area contributed by atoms with Crippen LogP contribution in [0.25, 0.3) is 0 Å². The summed E-state index contributed by atoms with van der Waals surface area (Å²) in [6.45, 7) is 3.66. The fourth-order valence-corrected chi connectivity index (χ4v) is 4.68. The molecule has 0 spiro atoms. The molecular formula is C22H30N4O4. The molecule has 1 saturated carbocycles. The number of ether oxygens (including phenoxy) is 1. The second-order valence-corrected chi connectivity index (χ2v) is 8.22. The van der Waals surface area contributed by atoms with Crippen LogP contribution in [0, 0.1) is 0 Å². The molecule has 4 rings (SSSR count). The summed E-state index contributed by atoms with van der Waals surface area (Å²) in [6, 6.07) is 6.95. The molecule has 3 fully saturated rings. The van der Waals surface area contributed by atoms with E-state index in [1.807, 2.05) is 0 Å². The first-order valence-corrected chi connectivity index (χ1v) is 10.9. The molecule has 1 aliphatic carbocycles. The number of nitrogens with zero attached hydrogens (tertiary/aromatic N) is 2. The second kappa shape index (κ2) is 9.57. The number of hydrogen-bond acceptors (Lipinski definition) is 5. The summed E-state index contributed by atoms with van der Waals surface area (Å²) in [5.41, 5.74) is 1.11. The first kappa shape index (κ1) is 20.8. The van der Waals surface area contributed by atoms with Crippen LogP contribution in [0.2, 0.25) is 0 Å². The Labute approximate surface area is 176 Å². The molecule has 2 heterocycles. The number of benzene rings is 1. The maximum atomic E-state index is 12.7. The largest absolute Gasteiger partial charge is 0.378 e. The number of morpholine rings is 1. The average molecular weight is 415 g/mol. The summed E-state index contributed by atoms with van der Waals surface area (Å²) in [7, 11) is 0. The summed E-state index contributed by atoms with van der Waals surface area (Å²) in [4.78, 5) is 41.9. The number of amides is 3. The SMILES string of the molecule is O=C(C[C@@H]1C(=O)NCCN1C1CCCC1)Nc1cccc(C(=O)N2CCOCC2)c1. The van der Waals surface area contributed by atoms with Gasteiger partial charge in [-0.15, -0.1) is 0 Å². The van der Waals surface area contributed by atoms with Crippen molar-refractivity contribution in [3.8, 4) is 0 Å². The topological polar surface area (TPSA) is 91.0 Å². The molecular weight excluding hydrogens is 384 g/mol. The van der Waals surface area contributed by atoms with E-state index in [9.17, 15) is 14.4 Å². The maximum Gasteiger partial charge on any atom is 0.254 e. The van der Waals surface area contributed by atoms with E-state index in [0.717, 1.165) is 19.4 Å². The molecule has 0 radical (unpaired) electrons. The molecule has 0 unspecified atom stereocenters. The zero-order chi connectivity index (χ0) is 20.9. The van der Waals surface area contributed by atoms with Crippen molar-refractivity contribution in [2.24, 2.45) is 0 Å². The third-order valence-electron chi connectivity index (χ3n) is 6.24. The summed E-state index contributed by atoms with van der Waals surface area (Å²) < 4.78 is 5.30. The van der Waals surface area contributed by atoms with Crippen molar-refractivity contribution in [2.45, 2.75) is 44.2 Å². The molecule has 1 atom stereocenters. The van der Waals surface area contributed by atoms with E-state index >= 15 is 0 Å². The minimum absolute atomic E-state index is 0.0616. The Morgan fingerprint density at radius 1 is 1.13 bits per heavy atom. The van der Waals surface area contributed by atoms with E-state index in [0.29, 0.717) is 50.1 Å². The van der Waals surface area contributed by atoms with Crippen LogP contribution in [0.3, 0.4) is 0 Å². The number of hydrogen-bond donors (Lipinski definition) is 2. The zero-order valence-corrected chi connectivity index (χ0v) is 17.3. The van der Waals surface area contributed by atoms with E-state index in [4.69, 9.17) is 4.74 Å². The van der Waals surface area contributed by atoms with Gasteiger partial charge >= 0.3 is 0 Å². The summed E-state index contributed by atoms with van der Waals surface area (Å²) >= 11 is 0. The Morgan fingerprint density at radius 3 is 2.67 bits per heavy atom. The molecule has 8 heteroatoms. The number of rotatable bonds is 5. The zero-order valence-electron chi connectivity index (χ0n) is 17.3. The van der Waals surface area contributed by atoms with Gasteiger partial charge in [-0.25, -0.2) is 0 Å². The molecule has 162 valence electrons. The van der Waals surface area contributed by atoms with Gasteiger partial charge in [-0.2, -0.15) is 0 Å². The van der Waals surface area contributed by atoms with E-state index in [1.165, 1.54) is 12.8 Å². The Bertz CT molecular complexity index is 787. The van der Waals surface area contributed by atoms with Crippen molar-refractivity contribution >= 4 is 23.4 Å². The molecule has 1 aromatic rings. The number of carbonyl (C=O) groups is 3. The van der Waals surface area contributed by atoms with Crippen LogP contribution in [0.5, 0.6) is 0 Å². The fraction of sp³-hybridized carbons (Fsp3) is 0.591. The van der Waals surface area contributed by atoms with Crippen molar-refractivity contribution in [1.82, 2.24) is 15.1 Å². The highest BCUT2D eigenvalue weighted by molar-refractivity contribution is 5.98. The van der Waals surface area contributed by atoms with Crippen LogP contribution in [-0.2, 0) is 14.3 Å². The summed E-state index contributed by atoms with van der Waals surface area (Å²) in [5.74, 6) is -0.343. The van der Waals surface area contributed by atoms with Crippen LogP contribution in [0.15, 0.2) is 24.3 Å². The lowest BCUT2D eigenvalue weighted by Gasteiger charge is -2.38. The lowest BCUT2D eigenvalue weighted by molar-refractivity contribution is -0.133. The Kier molecular flexibility index (Phi) is 6.64. The van der Waals surface area contributed by atoms with Crippen molar-refractivity contribution < 1.29 is 19.1 Å². The van der Waals surface area contributed by atoms with Crippen molar-refractivity contribution in [1.29, 1.82) is 0 Å². The van der Waals surface area contributed by atoms with Gasteiger partial charge in [0.2, 0.25) is 11.8 Å². The first-order valence-electron chi connectivity index (χ1n) is 10.9. The molecule has 30 heavy (non-hydrogen) atoms. The number of nitrogens with one attached hydrogen (secondary N) is 2. The van der Waals surface area contributed by atoms with Gasteiger partial charge in [-0.3, -0.25) is 19.3 Å². The third-order valence-corrected chi connectivity index (χ3v) is 6.24. The van der Waals surface area contributed by atoms with Gasteiger partial charge in [-0.1, -0.05) is 18.9 Å². The number of anilines is 1. The summed E-state index contributed by atoms with van der Waals surface area (Å²) in [6.07, 6.45) is 4.68. The normalized spacial score (nSPS) is 23.3. The highest BCUT2D eigenvalue weighted by atomic mass is 16.5. The predicted octanol–water partition coefficient (Wildman–Crippen LogP) is 1.23. The molecule has 8 nitrogen and oxygen atoms in total. The quantitative estimate of drug-likeness (QED) is 0.756. The van der Waals surface area contributed by atoms with E-state index in [1.54, 1.807) is 29.2 Å². The number of carbonyl (C=O) groups excluding carboxylic acids is 3. The smallest absolute Gasteiger partial charge is 0.254 e. The van der Waals surface area contributed by atoms with E-state index < -0.39 is 6.04 Å². The molecule has 2 N–H and O–H groups in total. The average Bonchev–Trinajstić information content (AvgIpc) is 3.30. The van der Waals surface area contributed by atoms with Crippen molar-refractivity contribution in [3.63, 3.8) is 0 Å². The minimum atomic E-state index is -0.431. The monoisotopic (exact) mass is 414 g/mol. The molecule has 1 aromatic carbocycles.